The number of hydrogen-bond donors (Lipinski definition) is 3. The summed E-state index contributed by atoms with van der Waals surface area (Å²) in [5.41, 5.74) is 2.40. The summed E-state index contributed by atoms with van der Waals surface area (Å²) in [5.74, 6) is 1.74. The Bertz CT molecular complexity index is 1150. The van der Waals surface area contributed by atoms with Crippen LogP contribution in [0.15, 0.2) is 65.7 Å². The first kappa shape index (κ1) is 24.8. The molecule has 2 aromatic carbocycles. The molecule has 0 aliphatic carbocycles. The Labute approximate surface area is 201 Å². The van der Waals surface area contributed by atoms with Crippen molar-refractivity contribution in [1.82, 2.24) is 15.3 Å². The molecule has 1 aromatic heterocycles. The van der Waals surface area contributed by atoms with Gasteiger partial charge in [0.25, 0.3) is 10.0 Å². The van der Waals surface area contributed by atoms with Gasteiger partial charge >= 0.3 is 0 Å². The molecule has 0 atom stereocenters. The molecule has 4 rings (SSSR count). The number of sulfonamides is 1. The summed E-state index contributed by atoms with van der Waals surface area (Å²) in [6.07, 6.45) is 1.74. The van der Waals surface area contributed by atoms with Gasteiger partial charge in [0, 0.05) is 43.8 Å². The summed E-state index contributed by atoms with van der Waals surface area (Å²) in [7, 11) is -3.65. The minimum atomic E-state index is -3.65. The second-order valence-electron chi connectivity index (χ2n) is 8.01. The van der Waals surface area contributed by atoms with Crippen LogP contribution in [0.25, 0.3) is 0 Å². The minimum Gasteiger partial charge on any atom is -0.340 e. The van der Waals surface area contributed by atoms with Crippen LogP contribution in [0.5, 0.6) is 0 Å². The molecule has 8 nitrogen and oxygen atoms in total. The van der Waals surface area contributed by atoms with Crippen molar-refractivity contribution in [2.75, 3.05) is 41.1 Å². The van der Waals surface area contributed by atoms with E-state index in [0.29, 0.717) is 23.4 Å². The molecule has 1 fully saturated rings. The zero-order valence-corrected chi connectivity index (χ0v) is 20.3. The highest BCUT2D eigenvalue weighted by Crippen LogP contribution is 2.22. The van der Waals surface area contributed by atoms with E-state index < -0.39 is 10.0 Å². The van der Waals surface area contributed by atoms with Crippen LogP contribution < -0.4 is 20.3 Å². The number of aromatic nitrogens is 2. The topological polar surface area (TPSA) is 99.2 Å². The lowest BCUT2D eigenvalue weighted by molar-refractivity contribution is 0.580. The Morgan fingerprint density at radius 2 is 1.58 bits per heavy atom. The summed E-state index contributed by atoms with van der Waals surface area (Å²) >= 11 is 0. The van der Waals surface area contributed by atoms with E-state index in [4.69, 9.17) is 0 Å². The number of rotatable bonds is 7. The van der Waals surface area contributed by atoms with Crippen molar-refractivity contribution in [1.29, 1.82) is 0 Å². The molecule has 0 saturated carbocycles. The third-order valence-electron chi connectivity index (χ3n) is 5.31. The number of benzene rings is 2. The lowest BCUT2D eigenvalue weighted by Gasteiger charge is -2.27. The maximum atomic E-state index is 12.7. The molecule has 1 saturated heterocycles. The second-order valence-corrected chi connectivity index (χ2v) is 9.69. The summed E-state index contributed by atoms with van der Waals surface area (Å²) in [6.45, 7) is 7.73. The lowest BCUT2D eigenvalue weighted by atomic mass is 10.0. The second kappa shape index (κ2) is 10.8. The summed E-state index contributed by atoms with van der Waals surface area (Å²) < 4.78 is 28.0. The Kier molecular flexibility index (Phi) is 8.12. The van der Waals surface area contributed by atoms with Crippen molar-refractivity contribution in [3.8, 4) is 0 Å². The molecule has 0 unspecified atom stereocenters. The van der Waals surface area contributed by atoms with Gasteiger partial charge in [-0.25, -0.2) is 13.4 Å². The van der Waals surface area contributed by atoms with Gasteiger partial charge in [0.1, 0.15) is 5.82 Å². The van der Waals surface area contributed by atoms with Gasteiger partial charge in [0.05, 0.1) is 4.90 Å². The Balaban J connectivity index is 0.00000306. The lowest BCUT2D eigenvalue weighted by Crippen LogP contribution is -2.44. The molecule has 0 spiro atoms. The Hall–Kier alpha value is -2.88. The maximum absolute atomic E-state index is 12.7. The molecule has 3 N–H and O–H groups in total. The van der Waals surface area contributed by atoms with E-state index in [2.05, 4.69) is 44.1 Å². The zero-order valence-electron chi connectivity index (χ0n) is 18.7. The highest BCUT2D eigenvalue weighted by molar-refractivity contribution is 7.92. The zero-order chi connectivity index (χ0) is 22.6. The molecular weight excluding hydrogens is 460 g/mol. The maximum Gasteiger partial charge on any atom is 0.261 e. The van der Waals surface area contributed by atoms with Crippen molar-refractivity contribution >= 4 is 45.6 Å². The van der Waals surface area contributed by atoms with Crippen LogP contribution in [-0.4, -0.2) is 44.6 Å². The Morgan fingerprint density at radius 3 is 2.21 bits per heavy atom. The summed E-state index contributed by atoms with van der Waals surface area (Å²) in [4.78, 5) is 11.4. The third-order valence-corrected chi connectivity index (χ3v) is 6.71. The van der Waals surface area contributed by atoms with Gasteiger partial charge in [-0.3, -0.25) is 4.72 Å². The van der Waals surface area contributed by atoms with Crippen LogP contribution in [0.3, 0.4) is 0 Å². The fourth-order valence-electron chi connectivity index (χ4n) is 3.45. The smallest absolute Gasteiger partial charge is 0.261 e. The molecule has 0 amide bonds. The summed E-state index contributed by atoms with van der Waals surface area (Å²) in [6, 6.07) is 15.9. The number of nitrogens with one attached hydrogen (secondary N) is 3. The van der Waals surface area contributed by atoms with E-state index in [0.717, 1.165) is 37.4 Å². The third kappa shape index (κ3) is 6.34. The molecule has 33 heavy (non-hydrogen) atoms. The number of anilines is 4. The molecule has 10 heteroatoms. The van der Waals surface area contributed by atoms with Gasteiger partial charge in [-0.1, -0.05) is 26.0 Å². The van der Waals surface area contributed by atoms with Crippen molar-refractivity contribution in [2.45, 2.75) is 24.7 Å². The van der Waals surface area contributed by atoms with Crippen LogP contribution in [0, 0.1) is 0 Å². The average Bonchev–Trinajstić information content (AvgIpc) is 2.81. The molecule has 0 bridgehead atoms. The number of piperazine rings is 1. The standard InChI is InChI=1S/C23H28N6O2S.ClH/c1-17(2)18-3-9-21(10-4-18)32(30,31)28-20-7-5-19(6-8-20)26-22-11-12-25-23(27-22)29-15-13-24-14-16-29;/h3-12,17,24,28H,13-16H2,1-2H3,(H,25,26,27);1H. The van der Waals surface area contributed by atoms with Crippen LogP contribution in [-0.2, 0) is 10.0 Å². The molecule has 0 radical (unpaired) electrons. The van der Waals surface area contributed by atoms with E-state index in [1.54, 1.807) is 30.5 Å². The first-order valence-corrected chi connectivity index (χ1v) is 12.2. The fraction of sp³-hybridized carbons (Fsp3) is 0.304. The van der Waals surface area contributed by atoms with Crippen LogP contribution >= 0.6 is 12.4 Å². The predicted octanol–water partition coefficient (Wildman–Crippen LogP) is 3.98. The van der Waals surface area contributed by atoms with Crippen LogP contribution in [0.1, 0.15) is 25.3 Å². The van der Waals surface area contributed by atoms with Crippen LogP contribution in [0.4, 0.5) is 23.1 Å². The summed E-state index contributed by atoms with van der Waals surface area (Å²) in [5, 5.41) is 6.57. The number of hydrogen-bond acceptors (Lipinski definition) is 7. The molecule has 1 aliphatic rings. The predicted molar refractivity (Wildman–Crippen MR) is 135 cm³/mol. The van der Waals surface area contributed by atoms with Gasteiger partial charge in [0.2, 0.25) is 5.95 Å². The fourth-order valence-corrected chi connectivity index (χ4v) is 4.51. The molecule has 1 aliphatic heterocycles. The number of nitrogens with zero attached hydrogens (tertiary/aromatic N) is 3. The minimum absolute atomic E-state index is 0. The van der Waals surface area contributed by atoms with Crippen molar-refractivity contribution in [3.05, 3.63) is 66.4 Å². The highest BCUT2D eigenvalue weighted by Gasteiger charge is 2.15. The van der Waals surface area contributed by atoms with E-state index >= 15 is 0 Å². The molecule has 3 aromatic rings. The van der Waals surface area contributed by atoms with E-state index in [-0.39, 0.29) is 17.3 Å². The average molecular weight is 489 g/mol. The Morgan fingerprint density at radius 1 is 0.939 bits per heavy atom. The number of halogens is 1. The monoisotopic (exact) mass is 488 g/mol. The molecule has 2 heterocycles. The normalized spacial score (nSPS) is 14.0. The van der Waals surface area contributed by atoms with E-state index in [1.165, 1.54) is 0 Å². The van der Waals surface area contributed by atoms with Crippen molar-refractivity contribution in [2.24, 2.45) is 0 Å². The van der Waals surface area contributed by atoms with Gasteiger partial charge in [-0.05, 0) is 53.9 Å². The van der Waals surface area contributed by atoms with Crippen LogP contribution in [0.2, 0.25) is 0 Å². The molecule has 176 valence electrons. The SMILES string of the molecule is CC(C)c1ccc(S(=O)(=O)Nc2ccc(Nc3ccnc(N4CCNCC4)n3)cc2)cc1.Cl. The van der Waals surface area contributed by atoms with Gasteiger partial charge in [-0.2, -0.15) is 4.98 Å². The largest absolute Gasteiger partial charge is 0.340 e. The van der Waals surface area contributed by atoms with E-state index in [9.17, 15) is 8.42 Å². The van der Waals surface area contributed by atoms with Crippen molar-refractivity contribution < 1.29 is 8.42 Å². The van der Waals surface area contributed by atoms with Gasteiger partial charge in [0.15, 0.2) is 0 Å². The highest BCUT2D eigenvalue weighted by atomic mass is 35.5. The van der Waals surface area contributed by atoms with Crippen molar-refractivity contribution in [3.63, 3.8) is 0 Å². The first-order chi connectivity index (χ1) is 15.4. The first-order valence-electron chi connectivity index (χ1n) is 10.7. The quantitative estimate of drug-likeness (QED) is 0.462. The van der Waals surface area contributed by atoms with Gasteiger partial charge < -0.3 is 15.5 Å². The van der Waals surface area contributed by atoms with E-state index in [1.807, 2.05) is 30.3 Å². The van der Waals surface area contributed by atoms with Gasteiger partial charge in [-0.15, -0.1) is 12.4 Å². The molecular formula is C23H29ClN6O2S.